The monoisotopic (exact) mass is 297 g/mol. The van der Waals surface area contributed by atoms with Gasteiger partial charge in [-0.15, -0.1) is 0 Å². The Morgan fingerprint density at radius 2 is 1.86 bits per heavy atom. The highest BCUT2D eigenvalue weighted by Crippen LogP contribution is 2.37. The summed E-state index contributed by atoms with van der Waals surface area (Å²) < 4.78 is 28.4. The highest BCUT2D eigenvalue weighted by molar-refractivity contribution is 5.97. The van der Waals surface area contributed by atoms with Gasteiger partial charge in [0.15, 0.2) is 5.84 Å². The van der Waals surface area contributed by atoms with Crippen molar-refractivity contribution in [1.29, 1.82) is 0 Å². The van der Waals surface area contributed by atoms with Gasteiger partial charge in [-0.3, -0.25) is 0 Å². The Kier molecular flexibility index (Phi) is 4.34. The van der Waals surface area contributed by atoms with Gasteiger partial charge in [-0.05, 0) is 30.4 Å². The van der Waals surface area contributed by atoms with Crippen molar-refractivity contribution < 1.29 is 14.0 Å². The lowest BCUT2D eigenvalue weighted by Crippen LogP contribution is -2.39. The molecule has 2 rings (SSSR count). The zero-order valence-corrected chi connectivity index (χ0v) is 12.4. The summed E-state index contributed by atoms with van der Waals surface area (Å²) in [6, 6.07) is 2.20. The van der Waals surface area contributed by atoms with Crippen molar-refractivity contribution in [3.05, 3.63) is 29.3 Å². The Morgan fingerprint density at radius 3 is 2.29 bits per heavy atom. The third-order valence-corrected chi connectivity index (χ3v) is 4.56. The molecule has 0 aliphatic carbocycles. The van der Waals surface area contributed by atoms with Gasteiger partial charge < -0.3 is 15.8 Å². The number of hydrogen-bond donors (Lipinski definition) is 2. The molecule has 0 unspecified atom stereocenters. The summed E-state index contributed by atoms with van der Waals surface area (Å²) >= 11 is 0. The molecular formula is C15H21F2N3O. The Bertz CT molecular complexity index is 529. The third-order valence-electron chi connectivity index (χ3n) is 4.56. The van der Waals surface area contributed by atoms with Gasteiger partial charge in [0.2, 0.25) is 0 Å². The molecule has 0 atom stereocenters. The second-order valence-corrected chi connectivity index (χ2v) is 5.93. The lowest BCUT2D eigenvalue weighted by Gasteiger charge is -2.40. The molecule has 1 fully saturated rings. The zero-order valence-electron chi connectivity index (χ0n) is 12.4. The normalized spacial score (nSPS) is 18.9. The van der Waals surface area contributed by atoms with E-state index in [1.54, 1.807) is 4.90 Å². The highest BCUT2D eigenvalue weighted by atomic mass is 19.1. The molecule has 1 aliphatic heterocycles. The number of benzene rings is 1. The predicted molar refractivity (Wildman–Crippen MR) is 78.7 cm³/mol. The summed E-state index contributed by atoms with van der Waals surface area (Å²) in [5, 5.41) is 11.3. The number of nitrogens with zero attached hydrogens (tertiary/aromatic N) is 2. The number of halogens is 2. The van der Waals surface area contributed by atoms with Crippen molar-refractivity contribution >= 4 is 11.5 Å². The molecule has 0 amide bonds. The summed E-state index contributed by atoms with van der Waals surface area (Å²) in [5.74, 6) is -1.68. The van der Waals surface area contributed by atoms with E-state index in [1.165, 1.54) is 0 Å². The van der Waals surface area contributed by atoms with Crippen LogP contribution in [0.5, 0.6) is 0 Å². The number of piperidine rings is 1. The van der Waals surface area contributed by atoms with E-state index in [2.05, 4.69) is 19.0 Å². The predicted octanol–water partition coefficient (Wildman–Crippen LogP) is 3.08. The van der Waals surface area contributed by atoms with E-state index < -0.39 is 11.6 Å². The molecule has 116 valence electrons. The Labute approximate surface area is 123 Å². The van der Waals surface area contributed by atoms with E-state index in [-0.39, 0.29) is 22.5 Å². The van der Waals surface area contributed by atoms with E-state index in [0.29, 0.717) is 13.1 Å². The van der Waals surface area contributed by atoms with Crippen molar-refractivity contribution in [3.63, 3.8) is 0 Å². The van der Waals surface area contributed by atoms with Gasteiger partial charge in [-0.2, -0.15) is 0 Å². The maximum atomic E-state index is 14.2. The lowest BCUT2D eigenvalue weighted by atomic mass is 9.78. The molecule has 0 bridgehead atoms. The van der Waals surface area contributed by atoms with Crippen molar-refractivity contribution in [2.45, 2.75) is 33.1 Å². The fourth-order valence-electron chi connectivity index (χ4n) is 2.70. The average molecular weight is 297 g/mol. The summed E-state index contributed by atoms with van der Waals surface area (Å²) in [6.45, 7) is 5.60. The van der Waals surface area contributed by atoms with E-state index in [4.69, 9.17) is 10.9 Å². The van der Waals surface area contributed by atoms with Crippen LogP contribution in [-0.2, 0) is 0 Å². The van der Waals surface area contributed by atoms with Crippen LogP contribution in [0.2, 0.25) is 0 Å². The van der Waals surface area contributed by atoms with Crippen molar-refractivity contribution in [2.24, 2.45) is 16.3 Å². The number of amidine groups is 1. The molecule has 0 radical (unpaired) electrons. The molecule has 6 heteroatoms. The second-order valence-electron chi connectivity index (χ2n) is 5.93. The summed E-state index contributed by atoms with van der Waals surface area (Å²) in [5.41, 5.74) is 5.62. The SMILES string of the molecule is CCC1(C)CCN(c2c(F)cc(C(N)=NO)cc2F)CC1. The lowest BCUT2D eigenvalue weighted by molar-refractivity contribution is 0.237. The average Bonchev–Trinajstić information content (AvgIpc) is 2.47. The quantitative estimate of drug-likeness (QED) is 0.390. The van der Waals surface area contributed by atoms with Crippen LogP contribution in [0.4, 0.5) is 14.5 Å². The van der Waals surface area contributed by atoms with Crippen LogP contribution in [0.3, 0.4) is 0 Å². The molecule has 1 aromatic carbocycles. The van der Waals surface area contributed by atoms with E-state index in [1.807, 2.05) is 0 Å². The first-order chi connectivity index (χ1) is 9.90. The molecule has 1 saturated heterocycles. The van der Waals surface area contributed by atoms with Crippen LogP contribution in [0.25, 0.3) is 0 Å². The Balaban J connectivity index is 2.26. The summed E-state index contributed by atoms with van der Waals surface area (Å²) in [7, 11) is 0. The van der Waals surface area contributed by atoms with Gasteiger partial charge in [-0.25, -0.2) is 8.78 Å². The molecule has 3 N–H and O–H groups in total. The Morgan fingerprint density at radius 1 is 1.33 bits per heavy atom. The van der Waals surface area contributed by atoms with Gasteiger partial charge in [0.25, 0.3) is 0 Å². The van der Waals surface area contributed by atoms with Crippen molar-refractivity contribution in [2.75, 3.05) is 18.0 Å². The summed E-state index contributed by atoms with van der Waals surface area (Å²) in [4.78, 5) is 1.73. The van der Waals surface area contributed by atoms with Gasteiger partial charge >= 0.3 is 0 Å². The van der Waals surface area contributed by atoms with Crippen molar-refractivity contribution in [1.82, 2.24) is 0 Å². The van der Waals surface area contributed by atoms with Crippen LogP contribution >= 0.6 is 0 Å². The molecule has 1 heterocycles. The van der Waals surface area contributed by atoms with E-state index in [0.717, 1.165) is 31.4 Å². The topological polar surface area (TPSA) is 61.8 Å². The molecule has 0 spiro atoms. The van der Waals surface area contributed by atoms with Crippen LogP contribution < -0.4 is 10.6 Å². The molecule has 0 aromatic heterocycles. The molecule has 0 saturated carbocycles. The fourth-order valence-corrected chi connectivity index (χ4v) is 2.70. The number of hydrogen-bond acceptors (Lipinski definition) is 3. The Hall–Kier alpha value is -1.85. The van der Waals surface area contributed by atoms with Gasteiger partial charge in [0, 0.05) is 18.7 Å². The van der Waals surface area contributed by atoms with Gasteiger partial charge in [0.1, 0.15) is 17.3 Å². The smallest absolute Gasteiger partial charge is 0.170 e. The van der Waals surface area contributed by atoms with Crippen LogP contribution in [0, 0.1) is 17.0 Å². The molecular weight excluding hydrogens is 276 g/mol. The van der Waals surface area contributed by atoms with Gasteiger partial charge in [-0.1, -0.05) is 25.4 Å². The van der Waals surface area contributed by atoms with E-state index >= 15 is 0 Å². The number of nitrogens with two attached hydrogens (primary N) is 1. The van der Waals surface area contributed by atoms with E-state index in [9.17, 15) is 8.78 Å². The molecule has 1 aromatic rings. The highest BCUT2D eigenvalue weighted by Gasteiger charge is 2.30. The standard InChI is InChI=1S/C15H21F2N3O/c1-3-15(2)4-6-20(7-5-15)13-11(16)8-10(9-12(13)17)14(18)19-21/h8-9,21H,3-7H2,1-2H3,(H2,18,19). The van der Waals surface area contributed by atoms with Crippen LogP contribution in [0.1, 0.15) is 38.7 Å². The minimum atomic E-state index is -0.684. The van der Waals surface area contributed by atoms with Crippen LogP contribution in [0.15, 0.2) is 17.3 Å². The number of anilines is 1. The maximum Gasteiger partial charge on any atom is 0.170 e. The minimum absolute atomic E-state index is 0.0253. The van der Waals surface area contributed by atoms with Crippen LogP contribution in [-0.4, -0.2) is 24.1 Å². The molecule has 4 nitrogen and oxygen atoms in total. The summed E-state index contributed by atoms with van der Waals surface area (Å²) in [6.07, 6.45) is 2.88. The molecule has 21 heavy (non-hydrogen) atoms. The first-order valence-electron chi connectivity index (χ1n) is 7.12. The molecule has 1 aliphatic rings. The van der Waals surface area contributed by atoms with Gasteiger partial charge in [0.05, 0.1) is 0 Å². The fraction of sp³-hybridized carbons (Fsp3) is 0.533. The second kappa shape index (κ2) is 5.87. The first-order valence-corrected chi connectivity index (χ1v) is 7.12. The number of oxime groups is 1. The third kappa shape index (κ3) is 3.09. The maximum absolute atomic E-state index is 14.2. The minimum Gasteiger partial charge on any atom is -0.409 e. The largest absolute Gasteiger partial charge is 0.409 e. The number of rotatable bonds is 3. The first kappa shape index (κ1) is 15.5. The zero-order chi connectivity index (χ0) is 15.6. The van der Waals surface area contributed by atoms with Crippen molar-refractivity contribution in [3.8, 4) is 0 Å².